The molecule has 0 saturated heterocycles. The maximum absolute atomic E-state index is 12.6. The Balaban J connectivity index is 2.58. The number of aromatic nitrogens is 3. The summed E-state index contributed by atoms with van der Waals surface area (Å²) in [6, 6.07) is 6.57. The highest BCUT2D eigenvalue weighted by molar-refractivity contribution is 5.96. The molecule has 0 fully saturated rings. The van der Waals surface area contributed by atoms with Gasteiger partial charge in [-0.3, -0.25) is 19.4 Å². The Labute approximate surface area is 124 Å². The van der Waals surface area contributed by atoms with Gasteiger partial charge in [0.05, 0.1) is 17.6 Å². The molecule has 0 aliphatic carbocycles. The van der Waals surface area contributed by atoms with Crippen molar-refractivity contribution >= 4 is 22.5 Å². The van der Waals surface area contributed by atoms with Gasteiger partial charge in [0.1, 0.15) is 16.8 Å². The second-order valence-electron chi connectivity index (χ2n) is 4.92. The molecular weight excluding hydrogens is 284 g/mol. The lowest BCUT2D eigenvalue weighted by molar-refractivity contribution is 0.101. The van der Waals surface area contributed by atoms with Crippen LogP contribution in [0.2, 0.25) is 0 Å². The number of hydrogen-bond acceptors (Lipinski definition) is 5. The Hall–Kier alpha value is -2.80. The number of aliphatic hydroxyl groups excluding tert-OH is 1. The van der Waals surface area contributed by atoms with E-state index in [1.54, 1.807) is 24.4 Å². The van der Waals surface area contributed by atoms with Gasteiger partial charge in [0.15, 0.2) is 5.78 Å². The van der Waals surface area contributed by atoms with Gasteiger partial charge in [0.2, 0.25) is 0 Å². The molecule has 0 spiro atoms. The van der Waals surface area contributed by atoms with E-state index >= 15 is 0 Å². The zero-order valence-electron chi connectivity index (χ0n) is 11.9. The predicted molar refractivity (Wildman–Crippen MR) is 79.9 cm³/mol. The van der Waals surface area contributed by atoms with E-state index in [0.29, 0.717) is 11.3 Å². The number of nitrogens with one attached hydrogen (secondary N) is 1. The first-order valence-electron chi connectivity index (χ1n) is 6.76. The molecule has 0 bridgehead atoms. The minimum Gasteiger partial charge on any atom is -0.395 e. The van der Waals surface area contributed by atoms with Crippen LogP contribution in [0.3, 0.4) is 0 Å². The maximum Gasteiger partial charge on any atom is 0.267 e. The molecule has 0 aliphatic rings. The van der Waals surface area contributed by atoms with Gasteiger partial charge in [0, 0.05) is 12.7 Å². The number of aliphatic hydroxyl groups is 1. The third kappa shape index (κ3) is 2.03. The van der Waals surface area contributed by atoms with Gasteiger partial charge in [0.25, 0.3) is 5.56 Å². The predicted octanol–water partition coefficient (Wildman–Crippen LogP) is 0.324. The summed E-state index contributed by atoms with van der Waals surface area (Å²) in [6.45, 7) is 1.21. The number of Topliss-reactive ketones (excluding diaryl/α,β-unsaturated/α-hetero) is 1. The number of carbonyl (C=O) groups is 1. The molecule has 0 amide bonds. The molecule has 0 radical (unpaired) electrons. The van der Waals surface area contributed by atoms with Crippen LogP contribution in [-0.2, 0) is 6.54 Å². The molecule has 0 aromatic carbocycles. The van der Waals surface area contributed by atoms with Crippen LogP contribution in [0.5, 0.6) is 0 Å². The van der Waals surface area contributed by atoms with Crippen molar-refractivity contribution in [2.45, 2.75) is 13.5 Å². The zero-order valence-corrected chi connectivity index (χ0v) is 11.9. The van der Waals surface area contributed by atoms with Crippen molar-refractivity contribution in [1.82, 2.24) is 14.0 Å². The lowest BCUT2D eigenvalue weighted by Crippen LogP contribution is -2.30. The molecule has 3 rings (SSSR count). The van der Waals surface area contributed by atoms with Gasteiger partial charge >= 0.3 is 0 Å². The van der Waals surface area contributed by atoms with Crippen molar-refractivity contribution in [3.8, 4) is 0 Å². The molecule has 7 heteroatoms. The average molecular weight is 298 g/mol. The first-order chi connectivity index (χ1) is 10.5. The number of fused-ring (bicyclic) bond motifs is 2. The van der Waals surface area contributed by atoms with Crippen molar-refractivity contribution < 1.29 is 9.90 Å². The summed E-state index contributed by atoms with van der Waals surface area (Å²) >= 11 is 0. The topological polar surface area (TPSA) is 100 Å². The Morgan fingerprint density at radius 3 is 2.86 bits per heavy atom. The van der Waals surface area contributed by atoms with Crippen LogP contribution in [-0.4, -0.2) is 31.4 Å². The van der Waals surface area contributed by atoms with Gasteiger partial charge in [-0.25, -0.2) is 4.98 Å². The summed E-state index contributed by atoms with van der Waals surface area (Å²) in [7, 11) is 0. The molecular formula is C15H14N4O3. The molecule has 0 aliphatic heterocycles. The van der Waals surface area contributed by atoms with Gasteiger partial charge in [-0.2, -0.15) is 0 Å². The number of hydrogen-bond donors (Lipinski definition) is 2. The van der Waals surface area contributed by atoms with E-state index in [4.69, 9.17) is 5.41 Å². The quantitative estimate of drug-likeness (QED) is 0.537. The second kappa shape index (κ2) is 5.19. The summed E-state index contributed by atoms with van der Waals surface area (Å²) in [6.07, 6.45) is 1.60. The summed E-state index contributed by atoms with van der Waals surface area (Å²) in [4.78, 5) is 28.7. The summed E-state index contributed by atoms with van der Waals surface area (Å²) < 4.78 is 2.78. The number of ketones is 1. The highest BCUT2D eigenvalue weighted by atomic mass is 16.3. The number of nitrogens with zero attached hydrogens (tertiary/aromatic N) is 3. The average Bonchev–Trinajstić information content (AvgIpc) is 2.50. The zero-order chi connectivity index (χ0) is 15.9. The molecule has 22 heavy (non-hydrogen) atoms. The highest BCUT2D eigenvalue weighted by Crippen LogP contribution is 2.10. The van der Waals surface area contributed by atoms with E-state index in [2.05, 4.69) is 4.98 Å². The van der Waals surface area contributed by atoms with Crippen LogP contribution in [0.15, 0.2) is 35.3 Å². The van der Waals surface area contributed by atoms with Crippen LogP contribution in [0.1, 0.15) is 17.3 Å². The van der Waals surface area contributed by atoms with Crippen LogP contribution in [0.4, 0.5) is 0 Å². The summed E-state index contributed by atoms with van der Waals surface area (Å²) in [5.41, 5.74) is 0.508. The fraction of sp³-hybridized carbons (Fsp3) is 0.200. The molecule has 3 heterocycles. The first-order valence-corrected chi connectivity index (χ1v) is 6.76. The van der Waals surface area contributed by atoms with E-state index in [1.165, 1.54) is 22.0 Å². The Morgan fingerprint density at radius 2 is 2.18 bits per heavy atom. The monoisotopic (exact) mass is 298 g/mol. The Bertz CT molecular complexity index is 1020. The lowest BCUT2D eigenvalue weighted by atomic mass is 10.1. The standard InChI is InChI=1S/C15H14N4O3/c1-9(21)10-8-11-14(19(6-7-20)13(10)16)17-12-4-2-3-5-18(12)15(11)22/h2-5,8,16,20H,6-7H2,1H3. The molecule has 3 aromatic heterocycles. The minimum absolute atomic E-state index is 0.0544. The van der Waals surface area contributed by atoms with Crippen LogP contribution >= 0.6 is 0 Å². The van der Waals surface area contributed by atoms with E-state index in [1.807, 2.05) is 0 Å². The van der Waals surface area contributed by atoms with Crippen molar-refractivity contribution in [3.05, 3.63) is 51.9 Å². The van der Waals surface area contributed by atoms with Crippen molar-refractivity contribution in [3.63, 3.8) is 0 Å². The van der Waals surface area contributed by atoms with Crippen LogP contribution < -0.4 is 11.0 Å². The van der Waals surface area contributed by atoms with E-state index in [-0.39, 0.29) is 40.9 Å². The normalized spacial score (nSPS) is 11.2. The van der Waals surface area contributed by atoms with Crippen molar-refractivity contribution in [2.75, 3.05) is 6.61 Å². The fourth-order valence-corrected chi connectivity index (χ4v) is 2.47. The van der Waals surface area contributed by atoms with Crippen LogP contribution in [0, 0.1) is 5.41 Å². The fourth-order valence-electron chi connectivity index (χ4n) is 2.47. The van der Waals surface area contributed by atoms with Gasteiger partial charge in [-0.1, -0.05) is 6.07 Å². The van der Waals surface area contributed by atoms with E-state index in [0.717, 1.165) is 0 Å². The molecule has 3 aromatic rings. The summed E-state index contributed by atoms with van der Waals surface area (Å²) in [5, 5.41) is 17.6. The van der Waals surface area contributed by atoms with Crippen molar-refractivity contribution in [1.29, 1.82) is 5.41 Å². The van der Waals surface area contributed by atoms with Crippen LogP contribution in [0.25, 0.3) is 16.7 Å². The van der Waals surface area contributed by atoms with Gasteiger partial charge in [-0.05, 0) is 25.1 Å². The number of pyridine rings is 2. The largest absolute Gasteiger partial charge is 0.395 e. The molecule has 2 N–H and O–H groups in total. The third-order valence-corrected chi connectivity index (χ3v) is 3.52. The molecule has 0 unspecified atom stereocenters. The number of carbonyl (C=O) groups excluding carboxylic acids is 1. The molecule has 0 atom stereocenters. The SMILES string of the molecule is CC(=O)c1cc2c(=O)n3ccccc3nc2n(CCO)c1=N. The third-order valence-electron chi connectivity index (χ3n) is 3.52. The minimum atomic E-state index is -0.310. The summed E-state index contributed by atoms with van der Waals surface area (Å²) in [5.74, 6) is -0.309. The van der Waals surface area contributed by atoms with E-state index in [9.17, 15) is 14.7 Å². The smallest absolute Gasteiger partial charge is 0.267 e. The molecule has 0 saturated carbocycles. The second-order valence-corrected chi connectivity index (χ2v) is 4.92. The Morgan fingerprint density at radius 1 is 1.41 bits per heavy atom. The maximum atomic E-state index is 12.6. The van der Waals surface area contributed by atoms with Crippen molar-refractivity contribution in [2.24, 2.45) is 0 Å². The highest BCUT2D eigenvalue weighted by Gasteiger charge is 2.14. The van der Waals surface area contributed by atoms with E-state index < -0.39 is 0 Å². The number of rotatable bonds is 3. The van der Waals surface area contributed by atoms with Gasteiger partial charge in [-0.15, -0.1) is 0 Å². The Kier molecular flexibility index (Phi) is 3.34. The first kappa shape index (κ1) is 14.2. The van der Waals surface area contributed by atoms with Gasteiger partial charge < -0.3 is 9.67 Å². The molecule has 112 valence electrons. The molecule has 7 nitrogen and oxygen atoms in total. The lowest BCUT2D eigenvalue weighted by Gasteiger charge is -2.12.